The van der Waals surface area contributed by atoms with Crippen molar-refractivity contribution < 1.29 is 32.7 Å². The Morgan fingerprint density at radius 3 is 2.38 bits per heavy atom. The van der Waals surface area contributed by atoms with Crippen molar-refractivity contribution in [1.29, 1.82) is 0 Å². The van der Waals surface area contributed by atoms with Crippen LogP contribution in [0.15, 0.2) is 85.1 Å². The van der Waals surface area contributed by atoms with E-state index in [9.17, 15) is 27.6 Å². The van der Waals surface area contributed by atoms with E-state index in [0.29, 0.717) is 39.6 Å². The van der Waals surface area contributed by atoms with Gasteiger partial charge in [-0.2, -0.15) is 24.9 Å². The molecule has 0 radical (unpaired) electrons. The normalized spacial score (nSPS) is 13.2. The second-order valence-corrected chi connectivity index (χ2v) is 12.5. The fourth-order valence-corrected chi connectivity index (χ4v) is 6.29. The largest absolute Gasteiger partial charge is 0.481 e. The second kappa shape index (κ2) is 15.8. The summed E-state index contributed by atoms with van der Waals surface area (Å²) in [6.45, 7) is 1.70. The molecule has 0 bridgehead atoms. The molecule has 1 aliphatic heterocycles. The van der Waals surface area contributed by atoms with Gasteiger partial charge in [0.05, 0.1) is 23.4 Å². The van der Waals surface area contributed by atoms with Crippen LogP contribution in [0.2, 0.25) is 0 Å². The molecule has 0 atom stereocenters. The Morgan fingerprint density at radius 1 is 0.854 bits per heavy atom. The highest BCUT2D eigenvalue weighted by Gasteiger charge is 2.30. The molecule has 3 N–H and O–H groups in total. The zero-order valence-electron chi connectivity index (χ0n) is 26.1. The van der Waals surface area contributed by atoms with Gasteiger partial charge in [0.25, 0.3) is 11.8 Å². The monoisotopic (exact) mass is 676 g/mol. The number of halogens is 3. The van der Waals surface area contributed by atoms with Gasteiger partial charge in [-0.3, -0.25) is 19.4 Å². The summed E-state index contributed by atoms with van der Waals surface area (Å²) >= 11 is 1.48. The van der Waals surface area contributed by atoms with Gasteiger partial charge in [0.15, 0.2) is 0 Å². The van der Waals surface area contributed by atoms with Crippen LogP contribution in [0.1, 0.15) is 63.1 Å². The summed E-state index contributed by atoms with van der Waals surface area (Å²) in [5, 5.41) is 14.6. The summed E-state index contributed by atoms with van der Waals surface area (Å²) in [6, 6.07) is 20.8. The number of nitrogens with one attached hydrogen (secondary N) is 2. The van der Waals surface area contributed by atoms with E-state index < -0.39 is 23.6 Å². The van der Waals surface area contributed by atoms with Crippen LogP contribution >= 0.6 is 11.8 Å². The lowest BCUT2D eigenvalue weighted by atomic mass is 10.0. The number of aliphatic carboxylic acids is 1. The Balaban J connectivity index is 1.37. The summed E-state index contributed by atoms with van der Waals surface area (Å²) in [7, 11) is 0. The van der Waals surface area contributed by atoms with E-state index in [1.807, 2.05) is 24.3 Å². The van der Waals surface area contributed by atoms with Crippen LogP contribution in [-0.2, 0) is 23.3 Å². The van der Waals surface area contributed by atoms with E-state index in [1.54, 1.807) is 24.3 Å². The third kappa shape index (κ3) is 9.37. The smallest absolute Gasteiger partial charge is 0.416 e. The molecule has 12 heteroatoms. The number of hydrogen-bond donors (Lipinski definition) is 3. The van der Waals surface area contributed by atoms with Crippen molar-refractivity contribution >= 4 is 40.9 Å². The number of aromatic nitrogens is 1. The Kier molecular flexibility index (Phi) is 11.4. The number of amides is 2. The second-order valence-electron chi connectivity index (χ2n) is 11.4. The van der Waals surface area contributed by atoms with Crippen LogP contribution in [0.3, 0.4) is 0 Å². The third-order valence-corrected chi connectivity index (χ3v) is 8.93. The molecule has 3 aromatic carbocycles. The SMILES string of the molecule is O=C(O)CCSCc1cccc(C(=O)Nc2ccc(N3CCCCC3)cc2-c2cc(C(=O)NCc3cccc(C(F)(F)F)c3)ccn2)c1. The maximum Gasteiger partial charge on any atom is 0.416 e. The fraction of sp³-hybridized carbons (Fsp3) is 0.278. The van der Waals surface area contributed by atoms with Crippen molar-refractivity contribution in [2.75, 3.05) is 29.1 Å². The van der Waals surface area contributed by atoms with Gasteiger partial charge < -0.3 is 20.6 Å². The van der Waals surface area contributed by atoms with Gasteiger partial charge in [0.1, 0.15) is 0 Å². The first-order valence-corrected chi connectivity index (χ1v) is 16.7. The minimum Gasteiger partial charge on any atom is -0.481 e. The number of alkyl halides is 3. The summed E-state index contributed by atoms with van der Waals surface area (Å²) in [4.78, 5) is 44.2. The maximum absolute atomic E-state index is 13.5. The molecule has 8 nitrogen and oxygen atoms in total. The summed E-state index contributed by atoms with van der Waals surface area (Å²) in [5.74, 6) is -0.639. The first kappa shape index (κ1) is 34.5. The average molecular weight is 677 g/mol. The van der Waals surface area contributed by atoms with Crippen molar-refractivity contribution in [3.8, 4) is 11.3 Å². The Labute approximate surface area is 280 Å². The number of pyridine rings is 1. The van der Waals surface area contributed by atoms with E-state index in [2.05, 4.69) is 20.5 Å². The molecule has 2 amide bonds. The highest BCUT2D eigenvalue weighted by molar-refractivity contribution is 7.98. The molecule has 5 rings (SSSR count). The molecule has 1 aromatic heterocycles. The number of carboxylic acid groups (broad SMARTS) is 1. The number of hydrogen-bond acceptors (Lipinski definition) is 6. The molecule has 250 valence electrons. The standard InChI is InChI=1S/C36H35F3N4O4S/c37-36(38,39)28-9-5-6-24(19-28)22-41-34(46)27-12-14-40-32(20-27)30-21-29(43-15-2-1-3-16-43)10-11-31(30)42-35(47)26-8-4-7-25(18-26)23-48-17-13-33(44)45/h4-12,14,18-21H,1-3,13,15-17,22-23H2,(H,41,46)(H,42,47)(H,44,45). The maximum atomic E-state index is 13.5. The molecule has 0 saturated carbocycles. The van der Waals surface area contributed by atoms with Gasteiger partial charge in [-0.05, 0) is 85.0 Å². The number of carboxylic acids is 1. The molecule has 1 aliphatic rings. The molecule has 0 unspecified atom stereocenters. The minimum atomic E-state index is -4.49. The van der Waals surface area contributed by atoms with E-state index in [1.165, 1.54) is 36.2 Å². The Morgan fingerprint density at radius 2 is 1.60 bits per heavy atom. The van der Waals surface area contributed by atoms with Crippen LogP contribution in [0.4, 0.5) is 24.5 Å². The van der Waals surface area contributed by atoms with Crippen LogP contribution in [0, 0.1) is 0 Å². The lowest BCUT2D eigenvalue weighted by Gasteiger charge is -2.29. The molecule has 0 spiro atoms. The van der Waals surface area contributed by atoms with Gasteiger partial charge in [-0.1, -0.05) is 24.3 Å². The molecule has 2 heterocycles. The highest BCUT2D eigenvalue weighted by Crippen LogP contribution is 2.33. The van der Waals surface area contributed by atoms with Crippen LogP contribution in [0.25, 0.3) is 11.3 Å². The van der Waals surface area contributed by atoms with Gasteiger partial charge in [-0.15, -0.1) is 0 Å². The fourth-order valence-electron chi connectivity index (χ4n) is 5.41. The molecule has 0 aliphatic carbocycles. The zero-order chi connectivity index (χ0) is 34.1. The molecular formula is C36H35F3N4O4S. The summed E-state index contributed by atoms with van der Waals surface area (Å²) in [6.07, 6.45) is 0.360. The van der Waals surface area contributed by atoms with Crippen molar-refractivity contribution in [1.82, 2.24) is 10.3 Å². The van der Waals surface area contributed by atoms with Crippen LogP contribution in [0.5, 0.6) is 0 Å². The lowest BCUT2D eigenvalue weighted by Crippen LogP contribution is -2.29. The third-order valence-electron chi connectivity index (χ3n) is 7.90. The number of benzene rings is 3. The van der Waals surface area contributed by atoms with E-state index in [4.69, 9.17) is 5.11 Å². The highest BCUT2D eigenvalue weighted by atomic mass is 32.2. The predicted octanol–water partition coefficient (Wildman–Crippen LogP) is 7.65. The van der Waals surface area contributed by atoms with Crippen LogP contribution < -0.4 is 15.5 Å². The van der Waals surface area contributed by atoms with Gasteiger partial charge in [0.2, 0.25) is 0 Å². The predicted molar refractivity (Wildman–Crippen MR) is 181 cm³/mol. The molecular weight excluding hydrogens is 641 g/mol. The number of nitrogens with zero attached hydrogens (tertiary/aromatic N) is 2. The number of rotatable bonds is 12. The van der Waals surface area contributed by atoms with Crippen molar-refractivity contribution in [3.63, 3.8) is 0 Å². The first-order chi connectivity index (χ1) is 23.1. The van der Waals surface area contributed by atoms with Crippen molar-refractivity contribution in [2.24, 2.45) is 0 Å². The molecule has 1 fully saturated rings. The molecule has 1 saturated heterocycles. The summed E-state index contributed by atoms with van der Waals surface area (Å²) < 4.78 is 39.4. The van der Waals surface area contributed by atoms with Gasteiger partial charge >= 0.3 is 12.1 Å². The Hall–Kier alpha value is -4.84. The quantitative estimate of drug-likeness (QED) is 0.132. The van der Waals surface area contributed by atoms with E-state index in [-0.39, 0.29) is 24.4 Å². The molecule has 48 heavy (non-hydrogen) atoms. The first-order valence-electron chi connectivity index (χ1n) is 15.6. The van der Waals surface area contributed by atoms with Crippen molar-refractivity contribution in [3.05, 3.63) is 113 Å². The lowest BCUT2D eigenvalue weighted by molar-refractivity contribution is -0.138. The van der Waals surface area contributed by atoms with Crippen LogP contribution in [-0.4, -0.2) is 46.7 Å². The number of thioether (sulfide) groups is 1. The van der Waals surface area contributed by atoms with Crippen molar-refractivity contribution in [2.45, 2.75) is 44.2 Å². The van der Waals surface area contributed by atoms with Gasteiger partial charge in [-0.25, -0.2) is 0 Å². The number of carbonyl (C=O) groups excluding carboxylic acids is 2. The minimum absolute atomic E-state index is 0.0633. The zero-order valence-corrected chi connectivity index (χ0v) is 26.9. The number of piperidine rings is 1. The average Bonchev–Trinajstić information content (AvgIpc) is 3.09. The summed E-state index contributed by atoms with van der Waals surface area (Å²) in [5.41, 5.74) is 3.64. The Bertz CT molecular complexity index is 1780. The topological polar surface area (TPSA) is 112 Å². The molecule has 4 aromatic rings. The number of anilines is 2. The van der Waals surface area contributed by atoms with Gasteiger partial charge in [0, 0.05) is 59.7 Å². The van der Waals surface area contributed by atoms with E-state index >= 15 is 0 Å². The van der Waals surface area contributed by atoms with E-state index in [0.717, 1.165) is 55.7 Å². The number of carbonyl (C=O) groups is 3.